The molecule has 1 unspecified atom stereocenters. The molecule has 332 valence electrons. The Labute approximate surface area is 342 Å². The van der Waals surface area contributed by atoms with Crippen LogP contribution in [0.2, 0.25) is 0 Å². The van der Waals surface area contributed by atoms with Crippen molar-refractivity contribution < 1.29 is 92.6 Å². The fourth-order valence-electron chi connectivity index (χ4n) is 6.80. The van der Waals surface area contributed by atoms with E-state index in [9.17, 15) is 57.5 Å². The van der Waals surface area contributed by atoms with E-state index in [1.807, 2.05) is 42.5 Å². The van der Waals surface area contributed by atoms with Crippen LogP contribution in [0.3, 0.4) is 0 Å². The van der Waals surface area contributed by atoms with Gasteiger partial charge in [-0.05, 0) is 13.0 Å². The second kappa shape index (κ2) is 18.0. The van der Waals surface area contributed by atoms with Crippen LogP contribution < -0.4 is 21.9 Å². The molecule has 6 aromatic carbocycles. The van der Waals surface area contributed by atoms with Gasteiger partial charge in [0, 0.05) is 22.0 Å². The highest BCUT2D eigenvalue weighted by Crippen LogP contribution is 2.31. The first-order valence-electron chi connectivity index (χ1n) is 16.9. The predicted molar refractivity (Wildman–Crippen MR) is 188 cm³/mol. The molecule has 0 aliphatic rings. The number of hydrogen-bond acceptors (Lipinski definition) is 1. The Morgan fingerprint density at radius 2 is 0.619 bits per heavy atom. The summed E-state index contributed by atoms with van der Waals surface area (Å²) < 4.78 is 294. The highest BCUT2D eigenvalue weighted by molar-refractivity contribution is 7.97. The lowest BCUT2D eigenvalue weighted by Gasteiger charge is -2.44. The summed E-state index contributed by atoms with van der Waals surface area (Å²) in [5, 5.41) is 0. The molecule has 0 saturated heterocycles. The van der Waals surface area contributed by atoms with Crippen molar-refractivity contribution >= 4 is 44.7 Å². The van der Waals surface area contributed by atoms with Crippen molar-refractivity contribution in [1.29, 1.82) is 0 Å². The zero-order chi connectivity index (χ0) is 47.3. The van der Waals surface area contributed by atoms with Gasteiger partial charge < -0.3 is 0 Å². The quantitative estimate of drug-likeness (QED) is 0.0372. The number of carbonyl (C=O) groups is 1. The topological polar surface area (TPSA) is 17.1 Å². The van der Waals surface area contributed by atoms with Crippen molar-refractivity contribution in [3.05, 3.63) is 182 Å². The molecule has 0 saturated carbocycles. The molecule has 1 atom stereocenters. The van der Waals surface area contributed by atoms with Gasteiger partial charge in [-0.25, -0.2) is 87.8 Å². The predicted octanol–water partition coefficient (Wildman–Crippen LogP) is 9.33. The SMILES string of the molecule is Cc1ccccc1[S+](C)CC(=O)c1ccccc1.Fc1c(F)c(F)c([B-](c2c(F)c(F)c(F)c(F)c2F)(c2c(F)c(F)c(F)c(F)c2F)c2c(F)c(F)c(F)c(F)c2F)c(F)c1F. The van der Waals surface area contributed by atoms with Gasteiger partial charge in [-0.1, -0.05) is 48.5 Å². The Morgan fingerprint density at radius 1 is 0.381 bits per heavy atom. The van der Waals surface area contributed by atoms with Gasteiger partial charge in [-0.15, -0.1) is 21.9 Å². The number of carbonyl (C=O) groups excluding carboxylic acids is 1. The van der Waals surface area contributed by atoms with E-state index in [4.69, 9.17) is 0 Å². The average Bonchev–Trinajstić information content (AvgIpc) is 3.26. The van der Waals surface area contributed by atoms with E-state index in [0.717, 1.165) is 5.56 Å². The summed E-state index contributed by atoms with van der Waals surface area (Å²) in [7, 11) is -0.0251. The molecule has 0 aliphatic carbocycles. The van der Waals surface area contributed by atoms with Gasteiger partial charge in [0.2, 0.25) is 5.78 Å². The first-order valence-corrected chi connectivity index (χ1v) is 18.7. The van der Waals surface area contributed by atoms with E-state index < -0.39 is 144 Å². The van der Waals surface area contributed by atoms with Crippen LogP contribution in [0, 0.1) is 123 Å². The van der Waals surface area contributed by atoms with Crippen LogP contribution in [0.25, 0.3) is 0 Å². The Hall–Kier alpha value is -6.00. The summed E-state index contributed by atoms with van der Waals surface area (Å²) in [4.78, 5) is 13.4. The van der Waals surface area contributed by atoms with Crippen molar-refractivity contribution in [1.82, 2.24) is 0 Å². The lowest BCUT2D eigenvalue weighted by atomic mass is 9.12. The molecule has 0 spiro atoms. The number of benzene rings is 6. The van der Waals surface area contributed by atoms with Gasteiger partial charge >= 0.3 is 0 Å². The maximum absolute atomic E-state index is 15.4. The molecule has 6 rings (SSSR count). The molecule has 0 bridgehead atoms. The van der Waals surface area contributed by atoms with Gasteiger partial charge in [-0.3, -0.25) is 4.79 Å². The van der Waals surface area contributed by atoms with E-state index in [0.29, 0.717) is 5.75 Å². The monoisotopic (exact) mass is 936 g/mol. The smallest absolute Gasteiger partial charge is 0.212 e. The van der Waals surface area contributed by atoms with Crippen molar-refractivity contribution in [3.63, 3.8) is 0 Å². The molecular weight excluding hydrogens is 919 g/mol. The molecule has 0 aromatic heterocycles. The molecule has 23 heteroatoms. The van der Waals surface area contributed by atoms with Gasteiger partial charge in [0.05, 0.1) is 0 Å². The molecule has 0 N–H and O–H groups in total. The average molecular weight is 936 g/mol. The molecular formula is C40H17BF20OS. The molecule has 63 heavy (non-hydrogen) atoms. The van der Waals surface area contributed by atoms with Crippen molar-refractivity contribution in [2.24, 2.45) is 0 Å². The fourth-order valence-corrected chi connectivity index (χ4v) is 8.45. The first-order chi connectivity index (χ1) is 29.4. The minimum absolute atomic E-state index is 0.0251. The Bertz CT molecular complexity index is 2440. The fraction of sp³-hybridized carbons (Fsp3) is 0.0750. The van der Waals surface area contributed by atoms with Gasteiger partial charge in [0.25, 0.3) is 0 Å². The molecule has 0 aliphatic heterocycles. The third-order valence-electron chi connectivity index (χ3n) is 9.62. The Morgan fingerprint density at radius 3 is 0.889 bits per heavy atom. The Kier molecular flexibility index (Phi) is 13.7. The largest absolute Gasteiger partial charge is 0.289 e. The normalized spacial score (nSPS) is 12.0. The molecule has 0 radical (unpaired) electrons. The van der Waals surface area contributed by atoms with Gasteiger partial charge in [0.1, 0.15) is 58.9 Å². The van der Waals surface area contributed by atoms with Gasteiger partial charge in [0.15, 0.2) is 80.5 Å². The van der Waals surface area contributed by atoms with Crippen molar-refractivity contribution in [3.8, 4) is 0 Å². The van der Waals surface area contributed by atoms with E-state index in [1.54, 1.807) is 0 Å². The zero-order valence-electron chi connectivity index (χ0n) is 30.9. The summed E-state index contributed by atoms with van der Waals surface area (Å²) in [6.45, 7) is 2.10. The number of aryl methyl sites for hydroxylation is 1. The van der Waals surface area contributed by atoms with Crippen molar-refractivity contribution in [2.75, 3.05) is 12.0 Å². The number of Topliss-reactive ketones (excluding diaryl/α,β-unsaturated/α-hetero) is 1. The second-order valence-corrected chi connectivity index (χ2v) is 15.1. The molecule has 1 nitrogen and oxygen atoms in total. The van der Waals surface area contributed by atoms with Crippen LogP contribution in [-0.4, -0.2) is 23.9 Å². The van der Waals surface area contributed by atoms with Crippen LogP contribution in [0.5, 0.6) is 0 Å². The second-order valence-electron chi connectivity index (χ2n) is 13.1. The van der Waals surface area contributed by atoms with E-state index in [2.05, 4.69) is 25.3 Å². The molecule has 0 amide bonds. The van der Waals surface area contributed by atoms with Crippen LogP contribution in [-0.2, 0) is 10.9 Å². The van der Waals surface area contributed by atoms with Crippen molar-refractivity contribution in [2.45, 2.75) is 11.8 Å². The lowest BCUT2D eigenvalue weighted by molar-refractivity contribution is 0.102. The van der Waals surface area contributed by atoms with Crippen LogP contribution >= 0.6 is 0 Å². The summed E-state index contributed by atoms with van der Waals surface area (Å²) in [5.41, 5.74) is -12.3. The minimum Gasteiger partial charge on any atom is -0.289 e. The number of halogens is 20. The number of ketones is 1. The number of hydrogen-bond donors (Lipinski definition) is 0. The maximum Gasteiger partial charge on any atom is 0.212 e. The Balaban J connectivity index is 0.000000345. The summed E-state index contributed by atoms with van der Waals surface area (Å²) in [6, 6.07) is 17.8. The van der Waals surface area contributed by atoms with E-state index in [1.165, 1.54) is 10.5 Å². The lowest BCUT2D eigenvalue weighted by Crippen LogP contribution is -2.81. The molecule has 0 fully saturated rings. The maximum atomic E-state index is 15.4. The highest BCUT2D eigenvalue weighted by Gasteiger charge is 2.52. The third kappa shape index (κ3) is 7.77. The minimum atomic E-state index is -7.22. The molecule has 0 heterocycles. The zero-order valence-corrected chi connectivity index (χ0v) is 31.7. The summed E-state index contributed by atoms with van der Waals surface area (Å²) >= 11 is 0. The molecule has 6 aromatic rings. The third-order valence-corrected chi connectivity index (χ3v) is 11.5. The van der Waals surface area contributed by atoms with E-state index >= 15 is 35.1 Å². The van der Waals surface area contributed by atoms with Crippen LogP contribution in [0.1, 0.15) is 15.9 Å². The summed E-state index contributed by atoms with van der Waals surface area (Å²) in [5.74, 6) is -70.6. The summed E-state index contributed by atoms with van der Waals surface area (Å²) in [6.07, 6.45) is -5.08. The first kappa shape index (κ1) is 48.0. The van der Waals surface area contributed by atoms with E-state index in [-0.39, 0.29) is 16.7 Å². The van der Waals surface area contributed by atoms with Gasteiger partial charge in [-0.2, -0.15) is 0 Å². The standard InChI is InChI=1S/C24BF20.C16H17OS/c26-5-1(6(27)14(35)21(42)13(5)34)25(2-7(28)15(36)22(43)16(37)8(2)29,3-9(30)17(38)23(44)18(39)10(3)31)4-11(32)19(40)24(45)20(41)12(4)33;1-13-8-6-7-11-16(13)18(2)12-15(17)14-9-4-3-5-10-14/h;3-11H,12H2,1-2H3/q-1;+1. The highest BCUT2D eigenvalue weighted by atomic mass is 32.2. The van der Waals surface area contributed by atoms with Crippen LogP contribution in [0.4, 0.5) is 87.8 Å². The van der Waals surface area contributed by atoms with Crippen LogP contribution in [0.15, 0.2) is 59.5 Å². The number of rotatable bonds is 8.